The fourth-order valence-electron chi connectivity index (χ4n) is 3.81. The number of piperidine rings is 1. The number of nitrogens with zero attached hydrogens (tertiary/aromatic N) is 4. The lowest BCUT2D eigenvalue weighted by atomic mass is 10.0. The number of nitro groups is 1. The van der Waals surface area contributed by atoms with E-state index in [1.54, 1.807) is 35.2 Å². The molecule has 0 saturated carbocycles. The van der Waals surface area contributed by atoms with Crippen molar-refractivity contribution in [3.8, 4) is 0 Å². The van der Waals surface area contributed by atoms with E-state index in [1.807, 2.05) is 0 Å². The van der Waals surface area contributed by atoms with E-state index >= 15 is 0 Å². The molecule has 0 N–H and O–H groups in total. The molecule has 0 unspecified atom stereocenters. The molecule has 2 aliphatic heterocycles. The van der Waals surface area contributed by atoms with Crippen molar-refractivity contribution in [1.29, 1.82) is 0 Å². The minimum absolute atomic E-state index is 0.136. The number of amides is 1. The van der Waals surface area contributed by atoms with Gasteiger partial charge in [0.1, 0.15) is 18.1 Å². The van der Waals surface area contributed by atoms with E-state index in [0.29, 0.717) is 29.1 Å². The standard InChI is InChI=1S/C19H17FN4O3/c1-12-13-4-2-3-5-14(13)19(25)23(12)18-11-22(9-7-15(18)20)16-6-8-21-10-17(16)24(26)27/h2-6,8,10,15,18H,1,7,9,11H2/t15-,18+/m0/s1. The van der Waals surface area contributed by atoms with Crippen LogP contribution < -0.4 is 4.90 Å². The van der Waals surface area contributed by atoms with Gasteiger partial charge in [0.05, 0.1) is 11.0 Å². The van der Waals surface area contributed by atoms with E-state index in [1.165, 1.54) is 17.3 Å². The van der Waals surface area contributed by atoms with Crippen LogP contribution in [0, 0.1) is 10.1 Å². The van der Waals surface area contributed by atoms with Crippen LogP contribution in [0.5, 0.6) is 0 Å². The lowest BCUT2D eigenvalue weighted by Crippen LogP contribution is -2.53. The molecule has 1 fully saturated rings. The molecular weight excluding hydrogens is 351 g/mol. The van der Waals surface area contributed by atoms with Gasteiger partial charge in [0.15, 0.2) is 0 Å². The van der Waals surface area contributed by atoms with Crippen molar-refractivity contribution in [3.05, 3.63) is 70.5 Å². The molecule has 0 aliphatic carbocycles. The Kier molecular flexibility index (Phi) is 4.10. The van der Waals surface area contributed by atoms with Gasteiger partial charge in [-0.15, -0.1) is 0 Å². The number of benzene rings is 1. The third-order valence-corrected chi connectivity index (χ3v) is 5.12. The SMILES string of the molecule is C=C1c2ccccc2C(=O)N1[C@@H]1CN(c2ccncc2[N+](=O)[O-])CC[C@@H]1F. The minimum atomic E-state index is -1.24. The quantitative estimate of drug-likeness (QED) is 0.615. The predicted molar refractivity (Wildman–Crippen MR) is 98.1 cm³/mol. The summed E-state index contributed by atoms with van der Waals surface area (Å²) in [7, 11) is 0. The summed E-state index contributed by atoms with van der Waals surface area (Å²) in [5, 5.41) is 11.3. The number of carbonyl (C=O) groups is 1. The number of rotatable bonds is 3. The van der Waals surface area contributed by atoms with Gasteiger partial charge in [-0.05, 0) is 18.6 Å². The minimum Gasteiger partial charge on any atom is -0.364 e. The Labute approximate surface area is 154 Å². The van der Waals surface area contributed by atoms with E-state index in [4.69, 9.17) is 0 Å². The molecule has 1 saturated heterocycles. The van der Waals surface area contributed by atoms with Crippen molar-refractivity contribution in [2.24, 2.45) is 0 Å². The van der Waals surface area contributed by atoms with Crippen molar-refractivity contribution >= 4 is 23.0 Å². The first-order chi connectivity index (χ1) is 13.0. The molecule has 138 valence electrons. The van der Waals surface area contributed by atoms with Crippen LogP contribution in [0.2, 0.25) is 0 Å². The fraction of sp³-hybridized carbons (Fsp3) is 0.263. The van der Waals surface area contributed by atoms with Crippen LogP contribution in [0.4, 0.5) is 15.8 Å². The van der Waals surface area contributed by atoms with E-state index in [2.05, 4.69) is 11.6 Å². The number of fused-ring (bicyclic) bond motifs is 1. The Morgan fingerprint density at radius 3 is 2.70 bits per heavy atom. The van der Waals surface area contributed by atoms with Crippen molar-refractivity contribution < 1.29 is 14.1 Å². The monoisotopic (exact) mass is 368 g/mol. The molecule has 2 aromatic rings. The second kappa shape index (κ2) is 6.46. The number of halogens is 1. The lowest BCUT2D eigenvalue weighted by molar-refractivity contribution is -0.384. The highest BCUT2D eigenvalue weighted by Crippen LogP contribution is 2.37. The van der Waals surface area contributed by atoms with Gasteiger partial charge in [0, 0.05) is 36.1 Å². The van der Waals surface area contributed by atoms with Gasteiger partial charge in [0.25, 0.3) is 5.91 Å². The molecule has 2 atom stereocenters. The third-order valence-electron chi connectivity index (χ3n) is 5.12. The van der Waals surface area contributed by atoms with Crippen LogP contribution in [0.3, 0.4) is 0 Å². The molecule has 2 aliphatic rings. The van der Waals surface area contributed by atoms with Crippen molar-refractivity contribution in [2.75, 3.05) is 18.0 Å². The number of anilines is 1. The summed E-state index contributed by atoms with van der Waals surface area (Å²) < 4.78 is 14.8. The highest BCUT2D eigenvalue weighted by Gasteiger charge is 2.42. The van der Waals surface area contributed by atoms with E-state index in [0.717, 1.165) is 0 Å². The van der Waals surface area contributed by atoms with Crippen molar-refractivity contribution in [3.63, 3.8) is 0 Å². The van der Waals surface area contributed by atoms with Crippen LogP contribution in [0.1, 0.15) is 22.3 Å². The van der Waals surface area contributed by atoms with Crippen LogP contribution in [-0.2, 0) is 0 Å². The Hall–Kier alpha value is -3.29. The van der Waals surface area contributed by atoms with Gasteiger partial charge in [-0.3, -0.25) is 19.9 Å². The van der Waals surface area contributed by atoms with Gasteiger partial charge in [-0.1, -0.05) is 24.8 Å². The second-order valence-corrected chi connectivity index (χ2v) is 6.61. The molecule has 0 spiro atoms. The second-order valence-electron chi connectivity index (χ2n) is 6.61. The molecule has 1 amide bonds. The van der Waals surface area contributed by atoms with Gasteiger partial charge < -0.3 is 9.80 Å². The Balaban J connectivity index is 1.66. The normalized spacial score (nSPS) is 22.1. The molecule has 8 heteroatoms. The van der Waals surface area contributed by atoms with E-state index in [9.17, 15) is 19.3 Å². The lowest BCUT2D eigenvalue weighted by Gasteiger charge is -2.40. The maximum atomic E-state index is 14.8. The Bertz CT molecular complexity index is 913. The summed E-state index contributed by atoms with van der Waals surface area (Å²) in [5.74, 6) is -0.283. The molecular formula is C19H17FN4O3. The highest BCUT2D eigenvalue weighted by atomic mass is 19.1. The zero-order chi connectivity index (χ0) is 19.1. The average Bonchev–Trinajstić information content (AvgIpc) is 2.93. The first kappa shape index (κ1) is 17.1. The summed E-state index contributed by atoms with van der Waals surface area (Å²) in [6.07, 6.45) is 1.57. The fourth-order valence-corrected chi connectivity index (χ4v) is 3.81. The van der Waals surface area contributed by atoms with Gasteiger partial charge >= 0.3 is 5.69 Å². The number of hydrogen-bond acceptors (Lipinski definition) is 5. The largest absolute Gasteiger partial charge is 0.364 e. The zero-order valence-electron chi connectivity index (χ0n) is 14.4. The van der Waals surface area contributed by atoms with Crippen LogP contribution in [0.25, 0.3) is 5.70 Å². The number of pyridine rings is 1. The van der Waals surface area contributed by atoms with Crippen molar-refractivity contribution in [1.82, 2.24) is 9.88 Å². The molecule has 27 heavy (non-hydrogen) atoms. The highest BCUT2D eigenvalue weighted by molar-refractivity contribution is 6.09. The molecule has 4 rings (SSSR count). The summed E-state index contributed by atoms with van der Waals surface area (Å²) in [6.45, 7) is 4.45. The van der Waals surface area contributed by atoms with Crippen molar-refractivity contribution in [2.45, 2.75) is 18.6 Å². The van der Waals surface area contributed by atoms with Crippen LogP contribution >= 0.6 is 0 Å². The molecule has 1 aromatic carbocycles. The predicted octanol–water partition coefficient (Wildman–Crippen LogP) is 3.03. The Morgan fingerprint density at radius 2 is 2.00 bits per heavy atom. The zero-order valence-corrected chi connectivity index (χ0v) is 14.4. The topological polar surface area (TPSA) is 79.6 Å². The third kappa shape index (κ3) is 2.73. The van der Waals surface area contributed by atoms with Gasteiger partial charge in [-0.25, -0.2) is 4.39 Å². The molecule has 3 heterocycles. The molecule has 0 radical (unpaired) electrons. The number of carbonyl (C=O) groups excluding carboxylic acids is 1. The van der Waals surface area contributed by atoms with Crippen LogP contribution in [-0.4, -0.2) is 46.0 Å². The van der Waals surface area contributed by atoms with Gasteiger partial charge in [-0.2, -0.15) is 0 Å². The number of aromatic nitrogens is 1. The molecule has 0 bridgehead atoms. The Morgan fingerprint density at radius 1 is 1.26 bits per heavy atom. The molecule has 7 nitrogen and oxygen atoms in total. The van der Waals surface area contributed by atoms with Gasteiger partial charge in [0.2, 0.25) is 0 Å². The first-order valence-electron chi connectivity index (χ1n) is 8.58. The summed E-state index contributed by atoms with van der Waals surface area (Å²) in [4.78, 5) is 30.6. The number of alkyl halides is 1. The summed E-state index contributed by atoms with van der Waals surface area (Å²) in [5.41, 5.74) is 1.91. The summed E-state index contributed by atoms with van der Waals surface area (Å²) in [6, 6.07) is 7.83. The summed E-state index contributed by atoms with van der Waals surface area (Å²) >= 11 is 0. The smallest absolute Gasteiger partial charge is 0.310 e. The maximum Gasteiger partial charge on any atom is 0.310 e. The first-order valence-corrected chi connectivity index (χ1v) is 8.58. The average molecular weight is 368 g/mol. The maximum absolute atomic E-state index is 14.8. The molecule has 1 aromatic heterocycles. The van der Waals surface area contributed by atoms with E-state index in [-0.39, 0.29) is 24.6 Å². The van der Waals surface area contributed by atoms with Crippen LogP contribution in [0.15, 0.2) is 49.3 Å². The van der Waals surface area contributed by atoms with E-state index < -0.39 is 17.1 Å². The number of hydrogen-bond donors (Lipinski definition) is 0.